The van der Waals surface area contributed by atoms with Crippen molar-refractivity contribution >= 4 is 28.4 Å². The van der Waals surface area contributed by atoms with Crippen LogP contribution in [0.2, 0.25) is 0 Å². The molecule has 34 heavy (non-hydrogen) atoms. The third-order valence-corrected chi connectivity index (χ3v) is 5.98. The first-order valence-electron chi connectivity index (χ1n) is 11.4. The summed E-state index contributed by atoms with van der Waals surface area (Å²) in [4.78, 5) is 28.3. The summed E-state index contributed by atoms with van der Waals surface area (Å²) in [6.07, 6.45) is 6.01. The molecule has 4 aromatic rings. The van der Waals surface area contributed by atoms with Crippen molar-refractivity contribution in [3.8, 4) is 11.1 Å². The van der Waals surface area contributed by atoms with Crippen LogP contribution < -0.4 is 15.5 Å². The van der Waals surface area contributed by atoms with E-state index >= 15 is 0 Å². The molecular formula is C26H25FN6O. The van der Waals surface area contributed by atoms with E-state index in [4.69, 9.17) is 4.98 Å². The minimum Gasteiger partial charge on any atom is -0.385 e. The number of pyridine rings is 1. The molecule has 0 aliphatic carbocycles. The Bertz CT molecular complexity index is 1330. The molecule has 1 aliphatic heterocycles. The van der Waals surface area contributed by atoms with E-state index in [0.717, 1.165) is 53.2 Å². The first-order valence-corrected chi connectivity index (χ1v) is 11.4. The second-order valence-corrected chi connectivity index (χ2v) is 8.27. The maximum absolute atomic E-state index is 13.9. The molecule has 5 rings (SSSR count). The number of halogens is 1. The number of carbonyl (C=O) groups is 1. The van der Waals surface area contributed by atoms with Crippen molar-refractivity contribution in [2.45, 2.75) is 19.4 Å². The summed E-state index contributed by atoms with van der Waals surface area (Å²) >= 11 is 0. The number of nitrogens with one attached hydrogen (secondary N) is 2. The highest BCUT2D eigenvalue weighted by atomic mass is 19.1. The smallest absolute Gasteiger partial charge is 0.254 e. The molecule has 0 saturated carbocycles. The monoisotopic (exact) mass is 456 g/mol. The van der Waals surface area contributed by atoms with Gasteiger partial charge in [0.15, 0.2) is 0 Å². The SMILES string of the molecule is CCNc1cc(-c2ccc(N3CC[C@H](NC(=O)c4ccccc4F)C3)nc2)c2nccnc2c1. The number of nitrogens with zero attached hydrogens (tertiary/aromatic N) is 4. The normalized spacial score (nSPS) is 15.5. The van der Waals surface area contributed by atoms with Crippen LogP contribution in [0, 0.1) is 5.82 Å². The number of carbonyl (C=O) groups excluding carboxylic acids is 1. The van der Waals surface area contributed by atoms with Gasteiger partial charge < -0.3 is 15.5 Å². The average molecular weight is 457 g/mol. The maximum Gasteiger partial charge on any atom is 0.254 e. The van der Waals surface area contributed by atoms with Crippen LogP contribution in [-0.4, -0.2) is 46.5 Å². The zero-order valence-corrected chi connectivity index (χ0v) is 18.8. The second kappa shape index (κ2) is 9.43. The van der Waals surface area contributed by atoms with E-state index in [1.54, 1.807) is 24.5 Å². The van der Waals surface area contributed by atoms with Crippen molar-refractivity contribution in [2.75, 3.05) is 29.9 Å². The van der Waals surface area contributed by atoms with Crippen LogP contribution in [0.15, 0.2) is 67.1 Å². The Labute approximate surface area is 197 Å². The summed E-state index contributed by atoms with van der Waals surface area (Å²) in [7, 11) is 0. The molecule has 8 heteroatoms. The van der Waals surface area contributed by atoms with Gasteiger partial charge in [-0.3, -0.25) is 14.8 Å². The van der Waals surface area contributed by atoms with Gasteiger partial charge >= 0.3 is 0 Å². The number of hydrogen-bond donors (Lipinski definition) is 2. The van der Waals surface area contributed by atoms with Gasteiger partial charge in [-0.2, -0.15) is 0 Å². The van der Waals surface area contributed by atoms with Crippen molar-refractivity contribution in [3.63, 3.8) is 0 Å². The quantitative estimate of drug-likeness (QED) is 0.451. The molecule has 1 saturated heterocycles. The van der Waals surface area contributed by atoms with E-state index in [1.807, 2.05) is 24.4 Å². The number of anilines is 2. The summed E-state index contributed by atoms with van der Waals surface area (Å²) < 4.78 is 13.9. The third kappa shape index (κ3) is 4.39. The molecule has 0 spiro atoms. The van der Waals surface area contributed by atoms with Crippen molar-refractivity contribution in [3.05, 3.63) is 78.5 Å². The first-order chi connectivity index (χ1) is 16.6. The molecule has 1 aliphatic rings. The Kier molecular flexibility index (Phi) is 6.03. The number of amides is 1. The third-order valence-electron chi connectivity index (χ3n) is 5.98. The predicted octanol–water partition coefficient (Wildman–Crippen LogP) is 4.27. The van der Waals surface area contributed by atoms with Gasteiger partial charge in [0.25, 0.3) is 5.91 Å². The molecule has 0 bridgehead atoms. The fraction of sp³-hybridized carbons (Fsp3) is 0.231. The number of rotatable bonds is 6. The van der Waals surface area contributed by atoms with Gasteiger partial charge in [-0.1, -0.05) is 12.1 Å². The number of aromatic nitrogens is 3. The lowest BCUT2D eigenvalue weighted by atomic mass is 10.0. The zero-order chi connectivity index (χ0) is 23.5. The molecular weight excluding hydrogens is 431 g/mol. The van der Waals surface area contributed by atoms with Crippen LogP contribution in [0.3, 0.4) is 0 Å². The highest BCUT2D eigenvalue weighted by Gasteiger charge is 2.26. The van der Waals surface area contributed by atoms with Crippen molar-refractivity contribution in [1.29, 1.82) is 0 Å². The molecule has 0 radical (unpaired) electrons. The predicted molar refractivity (Wildman–Crippen MR) is 131 cm³/mol. The van der Waals surface area contributed by atoms with E-state index in [9.17, 15) is 9.18 Å². The largest absolute Gasteiger partial charge is 0.385 e. The lowest BCUT2D eigenvalue weighted by Crippen LogP contribution is -2.37. The van der Waals surface area contributed by atoms with Crippen molar-refractivity contribution in [2.24, 2.45) is 0 Å². The number of hydrogen-bond acceptors (Lipinski definition) is 6. The van der Waals surface area contributed by atoms with E-state index in [-0.39, 0.29) is 17.5 Å². The minimum absolute atomic E-state index is 0.0652. The van der Waals surface area contributed by atoms with E-state index in [1.165, 1.54) is 12.1 Å². The number of fused-ring (bicyclic) bond motifs is 1. The van der Waals surface area contributed by atoms with Gasteiger partial charge in [0.2, 0.25) is 0 Å². The van der Waals surface area contributed by atoms with Crippen LogP contribution in [0.4, 0.5) is 15.9 Å². The fourth-order valence-corrected chi connectivity index (χ4v) is 4.33. The van der Waals surface area contributed by atoms with Crippen LogP contribution >= 0.6 is 0 Å². The van der Waals surface area contributed by atoms with Gasteiger partial charge in [0.1, 0.15) is 11.6 Å². The van der Waals surface area contributed by atoms with Crippen LogP contribution in [0.25, 0.3) is 22.2 Å². The van der Waals surface area contributed by atoms with E-state index in [2.05, 4.69) is 38.5 Å². The van der Waals surface area contributed by atoms with E-state index < -0.39 is 5.82 Å². The van der Waals surface area contributed by atoms with Crippen LogP contribution in [0.1, 0.15) is 23.7 Å². The fourth-order valence-electron chi connectivity index (χ4n) is 4.33. The minimum atomic E-state index is -0.512. The highest BCUT2D eigenvalue weighted by Crippen LogP contribution is 2.31. The molecule has 3 heterocycles. The second-order valence-electron chi connectivity index (χ2n) is 8.27. The van der Waals surface area contributed by atoms with E-state index in [0.29, 0.717) is 6.54 Å². The maximum atomic E-state index is 13.9. The van der Waals surface area contributed by atoms with Gasteiger partial charge in [-0.05, 0) is 49.7 Å². The Hall–Kier alpha value is -4.07. The lowest BCUT2D eigenvalue weighted by molar-refractivity contribution is 0.0936. The van der Waals surface area contributed by atoms with Crippen LogP contribution in [0.5, 0.6) is 0 Å². The molecule has 1 fully saturated rings. The van der Waals surface area contributed by atoms with Gasteiger partial charge in [-0.15, -0.1) is 0 Å². The molecule has 1 amide bonds. The molecule has 1 atom stereocenters. The summed E-state index contributed by atoms with van der Waals surface area (Å²) in [5.41, 5.74) is 4.64. The molecule has 7 nitrogen and oxygen atoms in total. The lowest BCUT2D eigenvalue weighted by Gasteiger charge is -2.18. The Balaban J connectivity index is 1.32. The Morgan fingerprint density at radius 3 is 2.76 bits per heavy atom. The highest BCUT2D eigenvalue weighted by molar-refractivity contribution is 5.95. The molecule has 2 N–H and O–H groups in total. The summed E-state index contributed by atoms with van der Waals surface area (Å²) in [6.45, 7) is 4.25. The summed E-state index contributed by atoms with van der Waals surface area (Å²) in [5.74, 6) is -0.0611. The van der Waals surface area contributed by atoms with Gasteiger partial charge in [0.05, 0.1) is 16.6 Å². The Morgan fingerprint density at radius 1 is 1.12 bits per heavy atom. The topological polar surface area (TPSA) is 83.0 Å². The summed E-state index contributed by atoms with van der Waals surface area (Å²) in [5, 5.41) is 6.29. The molecule has 2 aromatic heterocycles. The van der Waals surface area contributed by atoms with Crippen molar-refractivity contribution < 1.29 is 9.18 Å². The van der Waals surface area contributed by atoms with Crippen LogP contribution in [-0.2, 0) is 0 Å². The molecule has 2 aromatic carbocycles. The molecule has 172 valence electrons. The zero-order valence-electron chi connectivity index (χ0n) is 18.8. The molecule has 0 unspecified atom stereocenters. The average Bonchev–Trinajstić information content (AvgIpc) is 3.32. The van der Waals surface area contributed by atoms with Gasteiger partial charge in [-0.25, -0.2) is 9.37 Å². The summed E-state index contributed by atoms with van der Waals surface area (Å²) in [6, 6.07) is 14.0. The van der Waals surface area contributed by atoms with Crippen molar-refractivity contribution in [1.82, 2.24) is 20.3 Å². The van der Waals surface area contributed by atoms with Gasteiger partial charge in [0, 0.05) is 61.1 Å². The first kappa shape index (κ1) is 21.8. The Morgan fingerprint density at radius 2 is 1.97 bits per heavy atom. The number of benzene rings is 2. The standard InChI is InChI=1S/C26H25FN6O/c1-2-28-19-13-21(25-23(14-19)29-10-11-30-25)17-7-8-24(31-15-17)33-12-9-18(16-33)32-26(34)20-5-3-4-6-22(20)27/h3-8,10-11,13-15,18,28H,2,9,12,16H2,1H3,(H,32,34)/t18-/m0/s1.